The Bertz CT molecular complexity index is 1570. The molecule has 0 saturated heterocycles. The highest BCUT2D eigenvalue weighted by molar-refractivity contribution is 5.71. The van der Waals surface area contributed by atoms with Crippen molar-refractivity contribution in [1.29, 1.82) is 0 Å². The van der Waals surface area contributed by atoms with Crippen molar-refractivity contribution in [2.75, 3.05) is 13.2 Å². The lowest BCUT2D eigenvalue weighted by atomic mass is 10.0. The summed E-state index contributed by atoms with van der Waals surface area (Å²) in [5.41, 5.74) is 0. The van der Waals surface area contributed by atoms with Gasteiger partial charge in [-0.25, -0.2) is 0 Å². The SMILES string of the molecule is CC/C=C\C/C=C\C/C=C\C/C=C\C/C=C\C/C=C\CCCCCCC(=O)OCC(COC(=O)CCCC/C=C\C/C=C\C/C=C\C/C=C\CC)OC(=O)CCCCCCCCCCCCCCCCCCCCC. The van der Waals surface area contributed by atoms with Crippen LogP contribution in [0.25, 0.3) is 0 Å². The third-order valence-electron chi connectivity index (χ3n) is 13.0. The summed E-state index contributed by atoms with van der Waals surface area (Å²) < 4.78 is 16.9. The zero-order valence-corrected chi connectivity index (χ0v) is 48.8. The van der Waals surface area contributed by atoms with Gasteiger partial charge in [-0.15, -0.1) is 0 Å². The summed E-state index contributed by atoms with van der Waals surface area (Å²) in [4.78, 5) is 38.3. The van der Waals surface area contributed by atoms with Crippen LogP contribution in [0, 0.1) is 0 Å². The van der Waals surface area contributed by atoms with E-state index in [-0.39, 0.29) is 31.1 Å². The first-order valence-corrected chi connectivity index (χ1v) is 31.0. The van der Waals surface area contributed by atoms with E-state index < -0.39 is 6.10 Å². The number of carbonyl (C=O) groups is 3. The number of hydrogen-bond donors (Lipinski definition) is 0. The lowest BCUT2D eigenvalue weighted by molar-refractivity contribution is -0.167. The number of rotatable bonds is 55. The molecule has 0 bridgehead atoms. The second-order valence-electron chi connectivity index (χ2n) is 20.2. The van der Waals surface area contributed by atoms with Gasteiger partial charge in [0.25, 0.3) is 0 Å². The van der Waals surface area contributed by atoms with Gasteiger partial charge in [-0.05, 0) is 109 Å². The topological polar surface area (TPSA) is 78.9 Å². The summed E-state index contributed by atoms with van der Waals surface area (Å²) >= 11 is 0. The molecule has 1 atom stereocenters. The fourth-order valence-electron chi connectivity index (χ4n) is 8.38. The Morgan fingerprint density at radius 2 is 0.520 bits per heavy atom. The van der Waals surface area contributed by atoms with Crippen LogP contribution in [-0.2, 0) is 28.6 Å². The van der Waals surface area contributed by atoms with Gasteiger partial charge in [-0.3, -0.25) is 14.4 Å². The molecule has 75 heavy (non-hydrogen) atoms. The molecule has 0 spiro atoms. The van der Waals surface area contributed by atoms with Crippen LogP contribution in [0.5, 0.6) is 0 Å². The predicted molar refractivity (Wildman–Crippen MR) is 325 cm³/mol. The van der Waals surface area contributed by atoms with Gasteiger partial charge in [0.15, 0.2) is 6.10 Å². The van der Waals surface area contributed by atoms with Crippen LogP contribution < -0.4 is 0 Å². The van der Waals surface area contributed by atoms with Crippen molar-refractivity contribution >= 4 is 17.9 Å². The van der Waals surface area contributed by atoms with E-state index in [4.69, 9.17) is 14.2 Å². The van der Waals surface area contributed by atoms with E-state index in [9.17, 15) is 14.4 Å². The molecular weight excluding hydrogens is 925 g/mol. The molecule has 0 fully saturated rings. The van der Waals surface area contributed by atoms with E-state index in [1.165, 1.54) is 103 Å². The zero-order chi connectivity index (χ0) is 54.3. The highest BCUT2D eigenvalue weighted by Crippen LogP contribution is 2.16. The third-order valence-corrected chi connectivity index (χ3v) is 13.0. The summed E-state index contributed by atoms with van der Waals surface area (Å²) in [7, 11) is 0. The van der Waals surface area contributed by atoms with Gasteiger partial charge in [0.1, 0.15) is 13.2 Å². The Morgan fingerprint density at radius 3 is 0.840 bits per heavy atom. The van der Waals surface area contributed by atoms with Gasteiger partial charge in [0.05, 0.1) is 0 Å². The Balaban J connectivity index is 4.47. The summed E-state index contributed by atoms with van der Waals surface area (Å²) in [5, 5.41) is 0. The minimum absolute atomic E-state index is 0.106. The molecule has 0 aromatic heterocycles. The Morgan fingerprint density at radius 1 is 0.280 bits per heavy atom. The number of esters is 3. The monoisotopic (exact) mass is 1040 g/mol. The van der Waals surface area contributed by atoms with Crippen molar-refractivity contribution < 1.29 is 28.6 Å². The summed E-state index contributed by atoms with van der Waals surface area (Å²) in [6, 6.07) is 0. The van der Waals surface area contributed by atoms with Crippen molar-refractivity contribution in [3.63, 3.8) is 0 Å². The van der Waals surface area contributed by atoms with E-state index in [2.05, 4.69) is 142 Å². The van der Waals surface area contributed by atoms with Crippen LogP contribution >= 0.6 is 0 Å². The fourth-order valence-corrected chi connectivity index (χ4v) is 8.38. The maximum absolute atomic E-state index is 12.9. The molecule has 0 aliphatic rings. The van der Waals surface area contributed by atoms with E-state index in [1.807, 2.05) is 0 Å². The van der Waals surface area contributed by atoms with Crippen molar-refractivity contribution in [2.45, 2.75) is 284 Å². The lowest BCUT2D eigenvalue weighted by Crippen LogP contribution is -2.30. The van der Waals surface area contributed by atoms with Crippen molar-refractivity contribution in [3.05, 3.63) is 122 Å². The Hall–Kier alpha value is -4.19. The molecule has 0 N–H and O–H groups in total. The standard InChI is InChI=1S/C69H114O6/c1-4-7-10-13-16-19-22-25-28-30-32-33-34-35-37-38-41-44-47-50-53-56-59-62-68(71)74-65-66(64-73-67(70)61-58-55-52-49-46-43-40-27-24-21-18-15-12-9-6-3)75-69(72)63-60-57-54-51-48-45-42-39-36-31-29-26-23-20-17-14-11-8-5-2/h7,9-10,12,16,18-19,21,25,27-28,32-33,35,37,40-41,44,46,49,66H,4-6,8,11,13-15,17,20,22-24,26,29-31,34,36,38-39,42-43,45,47-48,50-65H2,1-3H3/b10-7-,12-9-,19-16-,21-18-,28-25-,33-32-,37-35-,40-27-,44-41-,49-46-. The quantitative estimate of drug-likeness (QED) is 0.0261. The lowest BCUT2D eigenvalue weighted by Gasteiger charge is -2.18. The molecule has 0 rings (SSSR count). The highest BCUT2D eigenvalue weighted by atomic mass is 16.6. The molecule has 0 amide bonds. The van der Waals surface area contributed by atoms with Gasteiger partial charge in [0.2, 0.25) is 0 Å². The number of allylic oxidation sites excluding steroid dienone is 20. The highest BCUT2D eigenvalue weighted by Gasteiger charge is 2.19. The molecule has 0 saturated carbocycles. The van der Waals surface area contributed by atoms with Crippen molar-refractivity contribution in [1.82, 2.24) is 0 Å². The van der Waals surface area contributed by atoms with Gasteiger partial charge in [-0.2, -0.15) is 0 Å². The molecular formula is C69H114O6. The number of unbranched alkanes of at least 4 members (excludes halogenated alkanes) is 24. The smallest absolute Gasteiger partial charge is 0.306 e. The van der Waals surface area contributed by atoms with E-state index >= 15 is 0 Å². The van der Waals surface area contributed by atoms with E-state index in [0.29, 0.717) is 19.3 Å². The molecule has 0 aliphatic carbocycles. The Kier molecular flexibility index (Phi) is 58.9. The van der Waals surface area contributed by atoms with Crippen molar-refractivity contribution in [3.8, 4) is 0 Å². The minimum Gasteiger partial charge on any atom is -0.462 e. The third kappa shape index (κ3) is 60.6. The average Bonchev–Trinajstić information content (AvgIpc) is 3.41. The molecule has 0 radical (unpaired) electrons. The molecule has 1 unspecified atom stereocenters. The summed E-state index contributed by atoms with van der Waals surface area (Å²) in [5.74, 6) is -0.965. The van der Waals surface area contributed by atoms with E-state index in [1.54, 1.807) is 0 Å². The first-order chi connectivity index (χ1) is 37.0. The van der Waals surface area contributed by atoms with Crippen LogP contribution in [0.15, 0.2) is 122 Å². The predicted octanol–water partition coefficient (Wildman–Crippen LogP) is 21.2. The maximum atomic E-state index is 12.9. The molecule has 0 aromatic rings. The minimum atomic E-state index is -0.809. The first kappa shape index (κ1) is 70.8. The normalized spacial score (nSPS) is 12.9. The largest absolute Gasteiger partial charge is 0.462 e. The van der Waals surface area contributed by atoms with Crippen LogP contribution in [0.4, 0.5) is 0 Å². The van der Waals surface area contributed by atoms with Crippen LogP contribution in [0.2, 0.25) is 0 Å². The first-order valence-electron chi connectivity index (χ1n) is 31.0. The van der Waals surface area contributed by atoms with E-state index in [0.717, 1.165) is 135 Å². The number of hydrogen-bond acceptors (Lipinski definition) is 6. The molecule has 6 nitrogen and oxygen atoms in total. The van der Waals surface area contributed by atoms with Crippen LogP contribution in [-0.4, -0.2) is 37.2 Å². The summed E-state index contributed by atoms with van der Waals surface area (Å²) in [6.07, 6.45) is 86.3. The van der Waals surface area contributed by atoms with Gasteiger partial charge < -0.3 is 14.2 Å². The second-order valence-corrected chi connectivity index (χ2v) is 20.2. The van der Waals surface area contributed by atoms with Gasteiger partial charge in [0, 0.05) is 19.3 Å². The Labute approximate surface area is 462 Å². The number of ether oxygens (including phenoxy) is 3. The van der Waals surface area contributed by atoms with Crippen LogP contribution in [0.1, 0.15) is 278 Å². The maximum Gasteiger partial charge on any atom is 0.306 e. The average molecular weight is 1040 g/mol. The van der Waals surface area contributed by atoms with Crippen LogP contribution in [0.3, 0.4) is 0 Å². The summed E-state index contributed by atoms with van der Waals surface area (Å²) in [6.45, 7) is 6.37. The van der Waals surface area contributed by atoms with Gasteiger partial charge >= 0.3 is 17.9 Å². The molecule has 0 aliphatic heterocycles. The zero-order valence-electron chi connectivity index (χ0n) is 48.8. The molecule has 0 aromatic carbocycles. The van der Waals surface area contributed by atoms with Gasteiger partial charge in [-0.1, -0.05) is 271 Å². The van der Waals surface area contributed by atoms with Crippen molar-refractivity contribution in [2.24, 2.45) is 0 Å². The molecule has 0 heterocycles. The number of carbonyl (C=O) groups excluding carboxylic acids is 3. The molecule has 426 valence electrons. The fraction of sp³-hybridized carbons (Fsp3) is 0.667. The second kappa shape index (κ2) is 62.4. The molecule has 6 heteroatoms.